The van der Waals surface area contributed by atoms with Crippen LogP contribution in [0.25, 0.3) is 21.7 Å². The van der Waals surface area contributed by atoms with Crippen LogP contribution in [-0.2, 0) is 0 Å². The Morgan fingerprint density at radius 1 is 1.12 bits per heavy atom. The zero-order chi connectivity index (χ0) is 11.1. The maximum absolute atomic E-state index is 11.9. The molecular formula is C13H8BrNO. The van der Waals surface area contributed by atoms with Gasteiger partial charge in [0.05, 0.1) is 10.9 Å². The second-order valence-corrected chi connectivity index (χ2v) is 4.53. The Labute approximate surface area is 100 Å². The molecule has 3 aromatic rings. The van der Waals surface area contributed by atoms with E-state index in [4.69, 9.17) is 0 Å². The molecule has 3 rings (SSSR count). The Morgan fingerprint density at radius 2 is 1.94 bits per heavy atom. The molecule has 0 unspecified atom stereocenters. The van der Waals surface area contributed by atoms with Gasteiger partial charge in [0.2, 0.25) is 0 Å². The van der Waals surface area contributed by atoms with Crippen LogP contribution in [0.2, 0.25) is 0 Å². The summed E-state index contributed by atoms with van der Waals surface area (Å²) in [6.45, 7) is 0. The van der Waals surface area contributed by atoms with E-state index in [0.29, 0.717) is 0 Å². The summed E-state index contributed by atoms with van der Waals surface area (Å²) >= 11 is 3.48. The molecule has 0 aliphatic carbocycles. The third-order valence-corrected chi connectivity index (χ3v) is 3.34. The normalized spacial score (nSPS) is 11.1. The molecule has 0 fully saturated rings. The van der Waals surface area contributed by atoms with E-state index in [9.17, 15) is 4.79 Å². The second kappa shape index (κ2) is 3.46. The largest absolute Gasteiger partial charge is 0.360 e. The highest BCUT2D eigenvalue weighted by Crippen LogP contribution is 2.28. The van der Waals surface area contributed by atoms with E-state index >= 15 is 0 Å². The minimum atomic E-state index is 0.0475. The van der Waals surface area contributed by atoms with E-state index in [2.05, 4.69) is 20.9 Å². The molecule has 1 N–H and O–H groups in total. The van der Waals surface area contributed by atoms with Crippen LogP contribution in [0.3, 0.4) is 0 Å². The van der Waals surface area contributed by atoms with Crippen LogP contribution in [0.4, 0.5) is 0 Å². The average Bonchev–Trinajstić information content (AvgIpc) is 2.30. The monoisotopic (exact) mass is 273 g/mol. The highest BCUT2D eigenvalue weighted by molar-refractivity contribution is 9.10. The van der Waals surface area contributed by atoms with Gasteiger partial charge in [0.1, 0.15) is 0 Å². The van der Waals surface area contributed by atoms with Crippen LogP contribution in [-0.4, -0.2) is 4.98 Å². The Balaban J connectivity index is 2.73. The van der Waals surface area contributed by atoms with Gasteiger partial charge in [-0.25, -0.2) is 0 Å². The Bertz CT molecular complexity index is 746. The molecule has 78 valence electrons. The van der Waals surface area contributed by atoms with Crippen LogP contribution in [0.5, 0.6) is 0 Å². The smallest absolute Gasteiger partial charge is 0.190 e. The fourth-order valence-electron chi connectivity index (χ4n) is 1.99. The van der Waals surface area contributed by atoms with Crippen molar-refractivity contribution in [2.45, 2.75) is 0 Å². The number of halogens is 1. The summed E-state index contributed by atoms with van der Waals surface area (Å²) in [6, 6.07) is 11.5. The third-order valence-electron chi connectivity index (χ3n) is 2.71. The summed E-state index contributed by atoms with van der Waals surface area (Å²) in [5.41, 5.74) is 0.900. The van der Waals surface area contributed by atoms with Gasteiger partial charge in [-0.3, -0.25) is 4.79 Å². The van der Waals surface area contributed by atoms with Gasteiger partial charge in [-0.05, 0) is 32.8 Å². The summed E-state index contributed by atoms with van der Waals surface area (Å²) in [5.74, 6) is 0. The van der Waals surface area contributed by atoms with E-state index < -0.39 is 0 Å². The third kappa shape index (κ3) is 1.28. The number of rotatable bonds is 0. The van der Waals surface area contributed by atoms with Crippen molar-refractivity contribution in [1.82, 2.24) is 4.98 Å². The summed E-state index contributed by atoms with van der Waals surface area (Å²) in [4.78, 5) is 15.0. The molecule has 3 heteroatoms. The lowest BCUT2D eigenvalue weighted by atomic mass is 10.1. The number of benzene rings is 2. The molecule has 0 spiro atoms. The number of hydrogen-bond acceptors (Lipinski definition) is 1. The van der Waals surface area contributed by atoms with Crippen molar-refractivity contribution in [1.29, 1.82) is 0 Å². The number of aromatic amines is 1. The summed E-state index contributed by atoms with van der Waals surface area (Å²) in [7, 11) is 0. The van der Waals surface area contributed by atoms with Crippen molar-refractivity contribution in [3.05, 3.63) is 57.3 Å². The van der Waals surface area contributed by atoms with Crippen molar-refractivity contribution in [3.8, 4) is 0 Å². The minimum Gasteiger partial charge on any atom is -0.360 e. The molecule has 0 radical (unpaired) electrons. The van der Waals surface area contributed by atoms with Crippen molar-refractivity contribution in [3.63, 3.8) is 0 Å². The number of H-pyrrole nitrogens is 1. The molecule has 2 aromatic carbocycles. The first kappa shape index (κ1) is 9.60. The van der Waals surface area contributed by atoms with Gasteiger partial charge in [-0.1, -0.05) is 24.3 Å². The van der Waals surface area contributed by atoms with E-state index in [0.717, 1.165) is 26.1 Å². The van der Waals surface area contributed by atoms with Gasteiger partial charge in [0.15, 0.2) is 5.43 Å². The molecule has 0 aliphatic rings. The predicted octanol–water partition coefficient (Wildman–Crippen LogP) is 3.44. The van der Waals surface area contributed by atoms with Crippen molar-refractivity contribution in [2.24, 2.45) is 0 Å². The molecular weight excluding hydrogens is 266 g/mol. The zero-order valence-electron chi connectivity index (χ0n) is 8.33. The number of pyridine rings is 1. The van der Waals surface area contributed by atoms with E-state index in [1.807, 2.05) is 30.3 Å². The molecule has 0 saturated carbocycles. The average molecular weight is 274 g/mol. The molecule has 1 aromatic heterocycles. The van der Waals surface area contributed by atoms with Crippen molar-refractivity contribution < 1.29 is 0 Å². The maximum atomic E-state index is 11.9. The van der Waals surface area contributed by atoms with Gasteiger partial charge in [-0.2, -0.15) is 0 Å². The van der Waals surface area contributed by atoms with Gasteiger partial charge < -0.3 is 4.98 Å². The highest BCUT2D eigenvalue weighted by atomic mass is 79.9. The van der Waals surface area contributed by atoms with Gasteiger partial charge >= 0.3 is 0 Å². The molecule has 0 bridgehead atoms. The molecule has 0 atom stereocenters. The van der Waals surface area contributed by atoms with E-state index in [-0.39, 0.29) is 5.43 Å². The molecule has 0 saturated heterocycles. The van der Waals surface area contributed by atoms with Gasteiger partial charge in [0, 0.05) is 16.7 Å². The SMILES string of the molecule is O=c1cc[nH]c2c(Br)cc3ccccc3c12. The number of hydrogen-bond donors (Lipinski definition) is 1. The predicted molar refractivity (Wildman–Crippen MR) is 69.8 cm³/mol. The molecule has 0 amide bonds. The fourth-order valence-corrected chi connectivity index (χ4v) is 2.55. The zero-order valence-corrected chi connectivity index (χ0v) is 9.91. The molecule has 16 heavy (non-hydrogen) atoms. The lowest BCUT2D eigenvalue weighted by Gasteiger charge is -2.04. The second-order valence-electron chi connectivity index (χ2n) is 3.67. The Morgan fingerprint density at radius 3 is 2.81 bits per heavy atom. The van der Waals surface area contributed by atoms with E-state index in [1.54, 1.807) is 12.3 Å². The molecule has 1 heterocycles. The van der Waals surface area contributed by atoms with Crippen molar-refractivity contribution >= 4 is 37.6 Å². The lowest BCUT2D eigenvalue weighted by Crippen LogP contribution is -2.01. The first-order valence-electron chi connectivity index (χ1n) is 4.96. The number of aromatic nitrogens is 1. The maximum Gasteiger partial charge on any atom is 0.190 e. The van der Waals surface area contributed by atoms with Gasteiger partial charge in [-0.15, -0.1) is 0 Å². The minimum absolute atomic E-state index is 0.0475. The standard InChI is InChI=1S/C13H8BrNO/c14-10-7-8-3-1-2-4-9(8)12-11(16)5-6-15-13(10)12/h1-7H,(H,15,16). The summed E-state index contributed by atoms with van der Waals surface area (Å²) < 4.78 is 0.916. The molecule has 2 nitrogen and oxygen atoms in total. The van der Waals surface area contributed by atoms with Crippen LogP contribution < -0.4 is 5.43 Å². The highest BCUT2D eigenvalue weighted by Gasteiger charge is 2.06. The van der Waals surface area contributed by atoms with Crippen LogP contribution in [0, 0.1) is 0 Å². The van der Waals surface area contributed by atoms with Crippen LogP contribution >= 0.6 is 15.9 Å². The van der Waals surface area contributed by atoms with Crippen LogP contribution in [0.15, 0.2) is 51.9 Å². The van der Waals surface area contributed by atoms with Crippen molar-refractivity contribution in [2.75, 3.05) is 0 Å². The lowest BCUT2D eigenvalue weighted by molar-refractivity contribution is 1.39. The fraction of sp³-hybridized carbons (Fsp3) is 0. The van der Waals surface area contributed by atoms with Gasteiger partial charge in [0.25, 0.3) is 0 Å². The first-order valence-corrected chi connectivity index (χ1v) is 5.75. The van der Waals surface area contributed by atoms with E-state index in [1.165, 1.54) is 0 Å². The first-order chi connectivity index (χ1) is 7.77. The van der Waals surface area contributed by atoms with Crippen LogP contribution in [0.1, 0.15) is 0 Å². The quantitative estimate of drug-likeness (QED) is 0.626. The topological polar surface area (TPSA) is 32.9 Å². The molecule has 0 aliphatic heterocycles. The Hall–Kier alpha value is -1.61. The number of fused-ring (bicyclic) bond motifs is 3. The summed E-state index contributed by atoms with van der Waals surface area (Å²) in [6.07, 6.45) is 1.67. The summed E-state index contributed by atoms with van der Waals surface area (Å²) in [5, 5.41) is 2.80. The number of nitrogens with one attached hydrogen (secondary N) is 1. The Kier molecular flexibility index (Phi) is 2.07.